The van der Waals surface area contributed by atoms with E-state index in [1.165, 1.54) is 6.20 Å². The van der Waals surface area contributed by atoms with E-state index in [2.05, 4.69) is 15.6 Å². The van der Waals surface area contributed by atoms with Crippen LogP contribution in [0.4, 0.5) is 10.5 Å². The zero-order chi connectivity index (χ0) is 14.5. The molecular formula is C14H18N4O2. The first-order valence-electron chi connectivity index (χ1n) is 6.38. The zero-order valence-corrected chi connectivity index (χ0v) is 11.6. The molecule has 0 spiro atoms. The minimum atomic E-state index is -0.382. The van der Waals surface area contributed by atoms with Gasteiger partial charge in [-0.05, 0) is 26.2 Å². The van der Waals surface area contributed by atoms with Gasteiger partial charge < -0.3 is 20.5 Å². The Morgan fingerprint density at radius 3 is 2.80 bits per heavy atom. The second-order valence-electron chi connectivity index (χ2n) is 4.76. The highest BCUT2D eigenvalue weighted by molar-refractivity contribution is 5.91. The molecule has 0 fully saturated rings. The number of hydrogen-bond acceptors (Lipinski definition) is 3. The number of nitrogens with zero attached hydrogens (tertiary/aromatic N) is 1. The van der Waals surface area contributed by atoms with Crippen molar-refractivity contribution in [1.82, 2.24) is 15.2 Å². The number of para-hydroxylation sites is 1. The van der Waals surface area contributed by atoms with Crippen LogP contribution in [0.15, 0.2) is 35.3 Å². The minimum Gasteiger partial charge on any atom is -0.359 e. The Morgan fingerprint density at radius 2 is 2.05 bits per heavy atom. The number of rotatable bonds is 4. The number of aromatic nitrogens is 1. The van der Waals surface area contributed by atoms with Crippen LogP contribution in [0.5, 0.6) is 0 Å². The molecule has 0 saturated heterocycles. The number of amides is 2. The summed E-state index contributed by atoms with van der Waals surface area (Å²) in [5, 5.41) is 5.81. The second-order valence-corrected chi connectivity index (χ2v) is 4.76. The molecule has 0 aliphatic heterocycles. The van der Waals surface area contributed by atoms with Crippen molar-refractivity contribution in [2.45, 2.75) is 0 Å². The maximum Gasteiger partial charge on any atom is 0.319 e. The molecule has 2 rings (SSSR count). The predicted molar refractivity (Wildman–Crippen MR) is 80.1 cm³/mol. The Hall–Kier alpha value is -2.34. The van der Waals surface area contributed by atoms with Gasteiger partial charge in [-0.3, -0.25) is 4.79 Å². The van der Waals surface area contributed by atoms with Crippen LogP contribution in [0.3, 0.4) is 0 Å². The number of anilines is 1. The van der Waals surface area contributed by atoms with Crippen molar-refractivity contribution in [2.75, 3.05) is 32.5 Å². The molecule has 0 unspecified atom stereocenters. The monoisotopic (exact) mass is 274 g/mol. The molecule has 1 heterocycles. The van der Waals surface area contributed by atoms with Crippen molar-refractivity contribution in [2.24, 2.45) is 0 Å². The van der Waals surface area contributed by atoms with Crippen molar-refractivity contribution < 1.29 is 4.79 Å². The first-order valence-corrected chi connectivity index (χ1v) is 6.38. The average molecular weight is 274 g/mol. The van der Waals surface area contributed by atoms with Crippen molar-refractivity contribution in [3.8, 4) is 0 Å². The Kier molecular flexibility index (Phi) is 4.37. The highest BCUT2D eigenvalue weighted by atomic mass is 16.2. The number of benzene rings is 1. The normalized spacial score (nSPS) is 10.8. The first-order chi connectivity index (χ1) is 9.58. The first kappa shape index (κ1) is 14.1. The Bertz CT molecular complexity index is 664. The Morgan fingerprint density at radius 1 is 1.30 bits per heavy atom. The predicted octanol–water partition coefficient (Wildman–Crippen LogP) is 1.21. The van der Waals surface area contributed by atoms with Gasteiger partial charge in [0.25, 0.3) is 0 Å². The fraction of sp³-hybridized carbons (Fsp3) is 0.286. The van der Waals surface area contributed by atoms with Gasteiger partial charge in [0.2, 0.25) is 5.43 Å². The molecule has 0 aliphatic carbocycles. The SMILES string of the molecule is CN(C)CCNC(=O)Nc1c[nH]c2ccccc2c1=O. The highest BCUT2D eigenvalue weighted by Gasteiger charge is 2.07. The van der Waals surface area contributed by atoms with E-state index in [1.807, 2.05) is 31.1 Å². The molecular weight excluding hydrogens is 256 g/mol. The molecule has 0 aliphatic rings. The van der Waals surface area contributed by atoms with Gasteiger partial charge in [-0.1, -0.05) is 12.1 Å². The summed E-state index contributed by atoms with van der Waals surface area (Å²) in [6, 6.07) is 6.80. The summed E-state index contributed by atoms with van der Waals surface area (Å²) in [5.74, 6) is 0. The van der Waals surface area contributed by atoms with E-state index in [-0.39, 0.29) is 17.1 Å². The summed E-state index contributed by atoms with van der Waals surface area (Å²) in [6.45, 7) is 1.26. The molecule has 6 heteroatoms. The summed E-state index contributed by atoms with van der Waals surface area (Å²) < 4.78 is 0. The molecule has 2 aromatic rings. The van der Waals surface area contributed by atoms with Gasteiger partial charge >= 0.3 is 6.03 Å². The summed E-state index contributed by atoms with van der Waals surface area (Å²) in [4.78, 5) is 28.8. The van der Waals surface area contributed by atoms with Crippen LogP contribution in [0, 0.1) is 0 Å². The van der Waals surface area contributed by atoms with Crippen LogP contribution in [-0.4, -0.2) is 43.1 Å². The van der Waals surface area contributed by atoms with Gasteiger partial charge in [0.05, 0.1) is 0 Å². The molecule has 0 bridgehead atoms. The van der Waals surface area contributed by atoms with Crippen LogP contribution in [0.1, 0.15) is 0 Å². The molecule has 6 nitrogen and oxygen atoms in total. The number of carbonyl (C=O) groups excluding carboxylic acids is 1. The van der Waals surface area contributed by atoms with Gasteiger partial charge in [0.1, 0.15) is 5.69 Å². The zero-order valence-electron chi connectivity index (χ0n) is 11.6. The second kappa shape index (κ2) is 6.21. The number of likely N-dealkylation sites (N-methyl/N-ethyl adjacent to an activating group) is 1. The molecule has 0 saturated carbocycles. The van der Waals surface area contributed by atoms with E-state index >= 15 is 0 Å². The van der Waals surface area contributed by atoms with Gasteiger partial charge in [-0.25, -0.2) is 4.79 Å². The molecule has 0 radical (unpaired) electrons. The number of urea groups is 1. The number of H-pyrrole nitrogens is 1. The number of nitrogens with one attached hydrogen (secondary N) is 3. The molecule has 20 heavy (non-hydrogen) atoms. The lowest BCUT2D eigenvalue weighted by Gasteiger charge is -2.11. The van der Waals surface area contributed by atoms with E-state index in [0.717, 1.165) is 12.1 Å². The van der Waals surface area contributed by atoms with Crippen LogP contribution in [-0.2, 0) is 0 Å². The van der Waals surface area contributed by atoms with Crippen LogP contribution < -0.4 is 16.1 Å². The van der Waals surface area contributed by atoms with E-state index in [9.17, 15) is 9.59 Å². The largest absolute Gasteiger partial charge is 0.359 e. The van der Waals surface area contributed by atoms with Crippen molar-refractivity contribution in [3.05, 3.63) is 40.7 Å². The van der Waals surface area contributed by atoms with Gasteiger partial charge in [0, 0.05) is 30.2 Å². The Labute approximate surface area is 116 Å². The third-order valence-corrected chi connectivity index (χ3v) is 2.88. The average Bonchev–Trinajstić information content (AvgIpc) is 2.42. The summed E-state index contributed by atoms with van der Waals surface area (Å²) in [7, 11) is 3.85. The van der Waals surface area contributed by atoms with Crippen molar-refractivity contribution in [3.63, 3.8) is 0 Å². The van der Waals surface area contributed by atoms with Crippen LogP contribution in [0.2, 0.25) is 0 Å². The van der Waals surface area contributed by atoms with Crippen LogP contribution in [0.25, 0.3) is 10.9 Å². The fourth-order valence-electron chi connectivity index (χ4n) is 1.82. The number of pyridine rings is 1. The lowest BCUT2D eigenvalue weighted by Crippen LogP contribution is -2.35. The van der Waals surface area contributed by atoms with E-state index in [0.29, 0.717) is 11.9 Å². The van der Waals surface area contributed by atoms with Crippen molar-refractivity contribution >= 4 is 22.6 Å². The molecule has 3 N–H and O–H groups in total. The molecule has 106 valence electrons. The van der Waals surface area contributed by atoms with Gasteiger partial charge in [-0.2, -0.15) is 0 Å². The number of fused-ring (bicyclic) bond motifs is 1. The smallest absolute Gasteiger partial charge is 0.319 e. The lowest BCUT2D eigenvalue weighted by molar-refractivity contribution is 0.250. The highest BCUT2D eigenvalue weighted by Crippen LogP contribution is 2.09. The third kappa shape index (κ3) is 3.36. The Balaban J connectivity index is 2.08. The number of carbonyl (C=O) groups is 1. The van der Waals surface area contributed by atoms with Crippen LogP contribution >= 0.6 is 0 Å². The lowest BCUT2D eigenvalue weighted by atomic mass is 10.2. The number of aromatic amines is 1. The molecule has 1 aromatic heterocycles. The maximum absolute atomic E-state index is 12.2. The molecule has 0 atom stereocenters. The standard InChI is InChI=1S/C14H18N4O2/c1-18(2)8-7-15-14(20)17-12-9-16-11-6-4-3-5-10(11)13(12)19/h3-6,9H,7-8H2,1-2H3,(H,16,19)(H2,15,17,20). The topological polar surface area (TPSA) is 77.2 Å². The van der Waals surface area contributed by atoms with Gasteiger partial charge in [-0.15, -0.1) is 0 Å². The van der Waals surface area contributed by atoms with Gasteiger partial charge in [0.15, 0.2) is 0 Å². The minimum absolute atomic E-state index is 0.192. The number of hydrogen-bond donors (Lipinski definition) is 3. The summed E-state index contributed by atoms with van der Waals surface area (Å²) in [6.07, 6.45) is 1.51. The third-order valence-electron chi connectivity index (χ3n) is 2.88. The summed E-state index contributed by atoms with van der Waals surface area (Å²) in [5.41, 5.74) is 0.796. The molecule has 1 aromatic carbocycles. The quantitative estimate of drug-likeness (QED) is 0.784. The van der Waals surface area contributed by atoms with E-state index in [1.54, 1.807) is 12.1 Å². The summed E-state index contributed by atoms with van der Waals surface area (Å²) >= 11 is 0. The van der Waals surface area contributed by atoms with E-state index < -0.39 is 0 Å². The van der Waals surface area contributed by atoms with E-state index in [4.69, 9.17) is 0 Å². The molecule has 2 amide bonds. The maximum atomic E-state index is 12.2. The van der Waals surface area contributed by atoms with Crippen molar-refractivity contribution in [1.29, 1.82) is 0 Å². The fourth-order valence-corrected chi connectivity index (χ4v) is 1.82.